The van der Waals surface area contributed by atoms with E-state index in [1.807, 2.05) is 0 Å². The molecule has 2 aliphatic rings. The molecule has 1 amide bonds. The van der Waals surface area contributed by atoms with Crippen LogP contribution in [0.3, 0.4) is 0 Å². The Labute approximate surface area is 82.9 Å². The van der Waals surface area contributed by atoms with Crippen molar-refractivity contribution >= 4 is 11.9 Å². The number of carbonyl (C=O) groups excluding carboxylic acids is 1. The van der Waals surface area contributed by atoms with Gasteiger partial charge in [-0.2, -0.15) is 0 Å². The number of hydrogen-bond acceptors (Lipinski definition) is 2. The van der Waals surface area contributed by atoms with E-state index >= 15 is 0 Å². The molecule has 0 aromatic rings. The summed E-state index contributed by atoms with van der Waals surface area (Å²) in [7, 11) is 0. The summed E-state index contributed by atoms with van der Waals surface area (Å²) in [5.74, 6) is -0.659. The molecule has 2 rings (SSSR count). The fraction of sp³-hybridized carbons (Fsp3) is 0.800. The maximum Gasteiger partial charge on any atom is 0.308 e. The molecule has 0 radical (unpaired) electrons. The second-order valence-corrected chi connectivity index (χ2v) is 4.33. The molecule has 0 aromatic carbocycles. The Bertz CT molecular complexity index is 260. The summed E-state index contributed by atoms with van der Waals surface area (Å²) in [4.78, 5) is 23.8. The van der Waals surface area contributed by atoms with Crippen LogP contribution in [0.5, 0.6) is 0 Å². The molecular formula is C10H15NO3. The molecular weight excluding hydrogens is 182 g/mol. The molecule has 1 saturated heterocycles. The van der Waals surface area contributed by atoms with E-state index in [2.05, 4.69) is 0 Å². The van der Waals surface area contributed by atoms with E-state index in [1.165, 1.54) is 19.3 Å². The van der Waals surface area contributed by atoms with Crippen LogP contribution in [0.25, 0.3) is 0 Å². The van der Waals surface area contributed by atoms with Gasteiger partial charge >= 0.3 is 5.97 Å². The van der Waals surface area contributed by atoms with Crippen molar-refractivity contribution in [1.82, 2.24) is 4.90 Å². The SMILES string of the molecule is O=C(O)[C@H]1CC(=O)N(CC2CCC2)C1. The van der Waals surface area contributed by atoms with E-state index in [9.17, 15) is 9.59 Å². The molecule has 1 saturated carbocycles. The molecule has 0 unspecified atom stereocenters. The zero-order chi connectivity index (χ0) is 10.1. The van der Waals surface area contributed by atoms with Gasteiger partial charge in [0, 0.05) is 19.5 Å². The van der Waals surface area contributed by atoms with Crippen LogP contribution in [-0.2, 0) is 9.59 Å². The van der Waals surface area contributed by atoms with Crippen molar-refractivity contribution < 1.29 is 14.7 Å². The highest BCUT2D eigenvalue weighted by atomic mass is 16.4. The van der Waals surface area contributed by atoms with Gasteiger partial charge in [0.1, 0.15) is 0 Å². The Morgan fingerprint density at radius 2 is 2.21 bits per heavy atom. The van der Waals surface area contributed by atoms with Crippen molar-refractivity contribution in [2.75, 3.05) is 13.1 Å². The number of rotatable bonds is 3. The highest BCUT2D eigenvalue weighted by molar-refractivity contribution is 5.86. The molecule has 4 heteroatoms. The third-order valence-electron chi connectivity index (χ3n) is 3.27. The Morgan fingerprint density at radius 3 is 2.64 bits per heavy atom. The lowest BCUT2D eigenvalue weighted by molar-refractivity contribution is -0.141. The van der Waals surface area contributed by atoms with Crippen LogP contribution in [0.4, 0.5) is 0 Å². The Hall–Kier alpha value is -1.06. The van der Waals surface area contributed by atoms with Gasteiger partial charge in [0.25, 0.3) is 0 Å². The summed E-state index contributed by atoms with van der Waals surface area (Å²) < 4.78 is 0. The molecule has 0 spiro atoms. The summed E-state index contributed by atoms with van der Waals surface area (Å²) in [6, 6.07) is 0. The van der Waals surface area contributed by atoms with E-state index in [1.54, 1.807) is 4.90 Å². The predicted molar refractivity (Wildman–Crippen MR) is 49.7 cm³/mol. The van der Waals surface area contributed by atoms with Gasteiger partial charge in [-0.3, -0.25) is 9.59 Å². The van der Waals surface area contributed by atoms with Crippen LogP contribution in [0, 0.1) is 11.8 Å². The first-order valence-corrected chi connectivity index (χ1v) is 5.17. The van der Waals surface area contributed by atoms with E-state index < -0.39 is 11.9 Å². The number of carboxylic acids is 1. The summed E-state index contributed by atoms with van der Waals surface area (Å²) in [6.45, 7) is 1.20. The van der Waals surface area contributed by atoms with Crippen LogP contribution >= 0.6 is 0 Å². The van der Waals surface area contributed by atoms with Crippen LogP contribution in [0.1, 0.15) is 25.7 Å². The Balaban J connectivity index is 1.87. The van der Waals surface area contributed by atoms with Crippen molar-refractivity contribution in [3.05, 3.63) is 0 Å². The fourth-order valence-electron chi connectivity index (χ4n) is 2.10. The molecule has 4 nitrogen and oxygen atoms in total. The number of carbonyl (C=O) groups is 2. The highest BCUT2D eigenvalue weighted by Crippen LogP contribution is 2.29. The first-order valence-electron chi connectivity index (χ1n) is 5.17. The number of aliphatic carboxylic acids is 1. The second kappa shape index (κ2) is 3.59. The topological polar surface area (TPSA) is 57.6 Å². The van der Waals surface area contributed by atoms with Crippen LogP contribution in [0.15, 0.2) is 0 Å². The van der Waals surface area contributed by atoms with Gasteiger partial charge < -0.3 is 10.0 Å². The first-order chi connectivity index (χ1) is 6.66. The molecule has 1 atom stereocenters. The standard InChI is InChI=1S/C10H15NO3/c12-9-4-8(10(13)14)6-11(9)5-7-2-1-3-7/h7-8H,1-6H2,(H,13,14)/t8-/m0/s1. The van der Waals surface area contributed by atoms with Gasteiger partial charge in [0.05, 0.1) is 5.92 Å². The number of hydrogen-bond donors (Lipinski definition) is 1. The molecule has 0 bridgehead atoms. The molecule has 2 fully saturated rings. The van der Waals surface area contributed by atoms with Crippen LogP contribution < -0.4 is 0 Å². The molecule has 1 N–H and O–H groups in total. The summed E-state index contributed by atoms with van der Waals surface area (Å²) in [5, 5.41) is 8.78. The minimum absolute atomic E-state index is 0.0179. The number of carboxylic acid groups (broad SMARTS) is 1. The first kappa shape index (κ1) is 9.49. The van der Waals surface area contributed by atoms with Gasteiger partial charge in [-0.15, -0.1) is 0 Å². The number of nitrogens with zero attached hydrogens (tertiary/aromatic N) is 1. The average Bonchev–Trinajstić information content (AvgIpc) is 2.40. The Morgan fingerprint density at radius 1 is 1.50 bits per heavy atom. The number of likely N-dealkylation sites (tertiary alicyclic amines) is 1. The predicted octanol–water partition coefficient (Wildman–Crippen LogP) is 0.720. The van der Waals surface area contributed by atoms with Crippen molar-refractivity contribution in [3.8, 4) is 0 Å². The third-order valence-corrected chi connectivity index (χ3v) is 3.27. The lowest BCUT2D eigenvalue weighted by Crippen LogP contribution is -2.34. The van der Waals surface area contributed by atoms with Crippen molar-refractivity contribution in [2.45, 2.75) is 25.7 Å². The number of amides is 1. The van der Waals surface area contributed by atoms with E-state index in [4.69, 9.17) is 5.11 Å². The van der Waals surface area contributed by atoms with Crippen LogP contribution in [0.2, 0.25) is 0 Å². The minimum Gasteiger partial charge on any atom is -0.481 e. The van der Waals surface area contributed by atoms with E-state index in [-0.39, 0.29) is 12.3 Å². The minimum atomic E-state index is -0.838. The summed E-state index contributed by atoms with van der Waals surface area (Å²) >= 11 is 0. The fourth-order valence-corrected chi connectivity index (χ4v) is 2.10. The lowest BCUT2D eigenvalue weighted by atomic mass is 9.85. The molecule has 1 aliphatic heterocycles. The lowest BCUT2D eigenvalue weighted by Gasteiger charge is -2.29. The highest BCUT2D eigenvalue weighted by Gasteiger charge is 2.35. The molecule has 14 heavy (non-hydrogen) atoms. The third kappa shape index (κ3) is 1.74. The smallest absolute Gasteiger partial charge is 0.308 e. The molecule has 78 valence electrons. The van der Waals surface area contributed by atoms with Gasteiger partial charge in [0.15, 0.2) is 0 Å². The molecule has 1 heterocycles. The van der Waals surface area contributed by atoms with Gasteiger partial charge in [-0.25, -0.2) is 0 Å². The van der Waals surface area contributed by atoms with Crippen LogP contribution in [-0.4, -0.2) is 35.0 Å². The monoisotopic (exact) mass is 197 g/mol. The quantitative estimate of drug-likeness (QED) is 0.725. The second-order valence-electron chi connectivity index (χ2n) is 4.33. The molecule has 1 aliphatic carbocycles. The molecule has 0 aromatic heterocycles. The normalized spacial score (nSPS) is 27.9. The summed E-state index contributed by atoms with van der Waals surface area (Å²) in [6.07, 6.45) is 3.85. The maximum atomic E-state index is 11.4. The largest absolute Gasteiger partial charge is 0.481 e. The van der Waals surface area contributed by atoms with E-state index in [0.29, 0.717) is 12.5 Å². The van der Waals surface area contributed by atoms with Crippen molar-refractivity contribution in [1.29, 1.82) is 0 Å². The van der Waals surface area contributed by atoms with Gasteiger partial charge in [-0.05, 0) is 18.8 Å². The maximum absolute atomic E-state index is 11.4. The van der Waals surface area contributed by atoms with Crippen molar-refractivity contribution in [2.24, 2.45) is 11.8 Å². The summed E-state index contributed by atoms with van der Waals surface area (Å²) in [5.41, 5.74) is 0. The zero-order valence-electron chi connectivity index (χ0n) is 8.11. The Kier molecular flexibility index (Phi) is 2.44. The zero-order valence-corrected chi connectivity index (χ0v) is 8.11. The van der Waals surface area contributed by atoms with Gasteiger partial charge in [-0.1, -0.05) is 6.42 Å². The van der Waals surface area contributed by atoms with Gasteiger partial charge in [0.2, 0.25) is 5.91 Å². The van der Waals surface area contributed by atoms with E-state index in [0.717, 1.165) is 6.54 Å². The van der Waals surface area contributed by atoms with Crippen molar-refractivity contribution in [3.63, 3.8) is 0 Å². The average molecular weight is 197 g/mol.